The van der Waals surface area contributed by atoms with E-state index in [1.54, 1.807) is 0 Å². The van der Waals surface area contributed by atoms with Crippen molar-refractivity contribution in [2.75, 3.05) is 0 Å². The highest BCUT2D eigenvalue weighted by Gasteiger charge is 2.61. The molecule has 0 aromatic heterocycles. The van der Waals surface area contributed by atoms with Crippen molar-refractivity contribution in [2.24, 2.45) is 5.92 Å². The molecule has 1 N–H and O–H groups in total. The fraction of sp³-hybridized carbons (Fsp3) is 0.611. The van der Waals surface area contributed by atoms with Crippen LogP contribution in [0.3, 0.4) is 0 Å². The molecule has 1 saturated heterocycles. The van der Waals surface area contributed by atoms with Crippen LogP contribution in [0.15, 0.2) is 18.2 Å². The van der Waals surface area contributed by atoms with Gasteiger partial charge in [-0.25, -0.2) is 0 Å². The lowest BCUT2D eigenvalue weighted by molar-refractivity contribution is -0.133. The Morgan fingerprint density at radius 3 is 2.57 bits per heavy atom. The molecule has 1 aromatic rings. The summed E-state index contributed by atoms with van der Waals surface area (Å²) in [4.78, 5) is 15.0. The number of hydrogen-bond donors (Lipinski definition) is 1. The smallest absolute Gasteiger partial charge is 0.244 e. The first-order valence-electron chi connectivity index (χ1n) is 8.19. The zero-order chi connectivity index (χ0) is 14.8. The summed E-state index contributed by atoms with van der Waals surface area (Å²) in [7, 11) is 0. The van der Waals surface area contributed by atoms with Crippen molar-refractivity contribution in [3.8, 4) is 0 Å². The summed E-state index contributed by atoms with van der Waals surface area (Å²) >= 11 is 0. The van der Waals surface area contributed by atoms with Crippen molar-refractivity contribution in [3.63, 3.8) is 0 Å². The summed E-state index contributed by atoms with van der Waals surface area (Å²) in [6.45, 7) is 6.51. The van der Waals surface area contributed by atoms with E-state index in [2.05, 4.69) is 49.2 Å². The number of amides is 1. The molecule has 21 heavy (non-hydrogen) atoms. The first kappa shape index (κ1) is 13.3. The minimum absolute atomic E-state index is 0.0659. The van der Waals surface area contributed by atoms with E-state index in [0.717, 1.165) is 12.8 Å². The Morgan fingerprint density at radius 1 is 1.29 bits per heavy atom. The van der Waals surface area contributed by atoms with Gasteiger partial charge in [0.2, 0.25) is 5.91 Å². The molecular formula is C18H24N2O. The standard InChI is InChI=1S/C18H24N2O/c1-11-4-7-15(12(2)10-11)16-19-18(8-9-18)17(21)20(16)13(3)14-5-6-14/h4,7,10,13-14,16,19H,5-6,8-9H2,1-3H3. The van der Waals surface area contributed by atoms with E-state index < -0.39 is 0 Å². The number of aryl methyl sites for hydroxylation is 2. The van der Waals surface area contributed by atoms with Crippen molar-refractivity contribution < 1.29 is 4.79 Å². The average molecular weight is 284 g/mol. The first-order chi connectivity index (χ1) is 10.0. The van der Waals surface area contributed by atoms with Crippen LogP contribution >= 0.6 is 0 Å². The third kappa shape index (κ3) is 2.02. The molecule has 0 bridgehead atoms. The number of nitrogens with one attached hydrogen (secondary N) is 1. The Morgan fingerprint density at radius 2 is 2.00 bits per heavy atom. The number of hydrogen-bond acceptors (Lipinski definition) is 2. The molecule has 2 atom stereocenters. The first-order valence-corrected chi connectivity index (χ1v) is 8.19. The summed E-state index contributed by atoms with van der Waals surface area (Å²) in [6, 6.07) is 6.94. The summed E-state index contributed by atoms with van der Waals surface area (Å²) < 4.78 is 0. The Kier molecular flexibility index (Phi) is 2.74. The highest BCUT2D eigenvalue weighted by atomic mass is 16.2. The van der Waals surface area contributed by atoms with Gasteiger partial charge in [-0.3, -0.25) is 10.1 Å². The van der Waals surface area contributed by atoms with E-state index in [9.17, 15) is 4.79 Å². The topological polar surface area (TPSA) is 32.3 Å². The Labute approximate surface area is 126 Å². The zero-order valence-corrected chi connectivity index (χ0v) is 13.1. The van der Waals surface area contributed by atoms with E-state index in [-0.39, 0.29) is 11.7 Å². The van der Waals surface area contributed by atoms with Crippen LogP contribution in [0, 0.1) is 19.8 Å². The largest absolute Gasteiger partial charge is 0.318 e. The van der Waals surface area contributed by atoms with Crippen molar-refractivity contribution in [1.29, 1.82) is 0 Å². The van der Waals surface area contributed by atoms with Crippen molar-refractivity contribution in [3.05, 3.63) is 34.9 Å². The molecular weight excluding hydrogens is 260 g/mol. The van der Waals surface area contributed by atoms with E-state index in [1.165, 1.54) is 29.5 Å². The van der Waals surface area contributed by atoms with Gasteiger partial charge in [-0.2, -0.15) is 0 Å². The van der Waals surface area contributed by atoms with E-state index in [0.29, 0.717) is 17.9 Å². The molecule has 3 heteroatoms. The van der Waals surface area contributed by atoms with Crippen molar-refractivity contribution >= 4 is 5.91 Å². The minimum Gasteiger partial charge on any atom is -0.318 e. The number of nitrogens with zero attached hydrogens (tertiary/aromatic N) is 1. The molecule has 1 aromatic carbocycles. The maximum absolute atomic E-state index is 12.9. The normalized spacial score (nSPS) is 28.2. The molecule has 1 spiro atoms. The fourth-order valence-electron chi connectivity index (χ4n) is 3.83. The monoisotopic (exact) mass is 284 g/mol. The van der Waals surface area contributed by atoms with Gasteiger partial charge in [0, 0.05) is 6.04 Å². The van der Waals surface area contributed by atoms with Crippen LogP contribution in [0.5, 0.6) is 0 Å². The lowest BCUT2D eigenvalue weighted by Crippen LogP contribution is -2.40. The average Bonchev–Trinajstić information content (AvgIpc) is 3.32. The fourth-order valence-corrected chi connectivity index (χ4v) is 3.83. The van der Waals surface area contributed by atoms with Gasteiger partial charge in [0.15, 0.2) is 0 Å². The van der Waals surface area contributed by atoms with Gasteiger partial charge in [0.05, 0.1) is 0 Å². The summed E-state index contributed by atoms with van der Waals surface area (Å²) in [5.74, 6) is 1.05. The Balaban J connectivity index is 1.72. The second-order valence-corrected chi connectivity index (χ2v) is 7.28. The number of carbonyl (C=O) groups is 1. The number of benzene rings is 1. The molecule has 1 aliphatic heterocycles. The molecule has 3 nitrogen and oxygen atoms in total. The minimum atomic E-state index is -0.231. The van der Waals surface area contributed by atoms with Crippen LogP contribution in [0.1, 0.15) is 55.5 Å². The molecule has 2 aliphatic carbocycles. The number of carbonyl (C=O) groups excluding carboxylic acids is 1. The van der Waals surface area contributed by atoms with Crippen LogP contribution in [-0.2, 0) is 4.79 Å². The highest BCUT2D eigenvalue weighted by molar-refractivity contribution is 5.92. The Hall–Kier alpha value is -1.35. The third-order valence-corrected chi connectivity index (χ3v) is 5.55. The SMILES string of the molecule is Cc1ccc(C2NC3(CC3)C(=O)N2C(C)C2CC2)c(C)c1. The summed E-state index contributed by atoms with van der Waals surface area (Å²) in [5.41, 5.74) is 3.60. The number of rotatable bonds is 3. The Bertz CT molecular complexity index is 601. The van der Waals surface area contributed by atoms with Gasteiger partial charge >= 0.3 is 0 Å². The van der Waals surface area contributed by atoms with Crippen molar-refractivity contribution in [2.45, 2.75) is 64.2 Å². The van der Waals surface area contributed by atoms with Crippen LogP contribution in [0.2, 0.25) is 0 Å². The van der Waals surface area contributed by atoms with Gasteiger partial charge < -0.3 is 4.90 Å². The van der Waals surface area contributed by atoms with Crippen molar-refractivity contribution in [1.82, 2.24) is 10.2 Å². The lowest BCUT2D eigenvalue weighted by atomic mass is 10.0. The zero-order valence-electron chi connectivity index (χ0n) is 13.1. The molecule has 1 amide bonds. The van der Waals surface area contributed by atoms with Gasteiger partial charge in [-0.05, 0) is 63.5 Å². The molecule has 3 fully saturated rings. The quantitative estimate of drug-likeness (QED) is 0.925. The second-order valence-electron chi connectivity index (χ2n) is 7.28. The van der Waals surface area contributed by atoms with Crippen LogP contribution in [-0.4, -0.2) is 22.4 Å². The van der Waals surface area contributed by atoms with E-state index in [1.807, 2.05) is 0 Å². The van der Waals surface area contributed by atoms with Gasteiger partial charge in [0.1, 0.15) is 11.7 Å². The molecule has 4 rings (SSSR count). The molecule has 112 valence electrons. The maximum Gasteiger partial charge on any atom is 0.244 e. The van der Waals surface area contributed by atoms with E-state index in [4.69, 9.17) is 0 Å². The van der Waals surface area contributed by atoms with Crippen LogP contribution in [0.25, 0.3) is 0 Å². The summed E-state index contributed by atoms with van der Waals surface area (Å²) in [5, 5.41) is 3.66. The summed E-state index contributed by atoms with van der Waals surface area (Å²) in [6.07, 6.45) is 4.62. The predicted molar refractivity (Wildman–Crippen MR) is 82.8 cm³/mol. The van der Waals surface area contributed by atoms with Gasteiger partial charge in [0.25, 0.3) is 0 Å². The van der Waals surface area contributed by atoms with Crippen LogP contribution < -0.4 is 5.32 Å². The molecule has 2 unspecified atom stereocenters. The third-order valence-electron chi connectivity index (χ3n) is 5.55. The molecule has 0 radical (unpaired) electrons. The maximum atomic E-state index is 12.9. The van der Waals surface area contributed by atoms with Crippen LogP contribution in [0.4, 0.5) is 0 Å². The molecule has 3 aliphatic rings. The van der Waals surface area contributed by atoms with E-state index >= 15 is 0 Å². The highest BCUT2D eigenvalue weighted by Crippen LogP contribution is 2.49. The van der Waals surface area contributed by atoms with Gasteiger partial charge in [-0.15, -0.1) is 0 Å². The lowest BCUT2D eigenvalue weighted by Gasteiger charge is -2.31. The second kappa shape index (κ2) is 4.33. The van der Waals surface area contributed by atoms with Gasteiger partial charge in [-0.1, -0.05) is 23.8 Å². The predicted octanol–water partition coefficient (Wildman–Crippen LogP) is 3.06. The molecule has 2 saturated carbocycles. The molecule has 1 heterocycles.